The van der Waals surface area contributed by atoms with E-state index in [1.54, 1.807) is 23.2 Å². The SMILES string of the molecule is CC(C)Oc1cncc[n+]1CC(=O)c1ccccc1. The average molecular weight is 257 g/mol. The van der Waals surface area contributed by atoms with Gasteiger partial charge in [-0.1, -0.05) is 30.3 Å². The summed E-state index contributed by atoms with van der Waals surface area (Å²) in [5.74, 6) is 0.646. The highest BCUT2D eigenvalue weighted by Gasteiger charge is 2.18. The number of ether oxygens (including phenoxy) is 1. The summed E-state index contributed by atoms with van der Waals surface area (Å²) in [5.41, 5.74) is 0.697. The number of hydrogen-bond acceptors (Lipinski definition) is 3. The number of aromatic nitrogens is 2. The maximum atomic E-state index is 12.2. The van der Waals surface area contributed by atoms with Gasteiger partial charge in [0.25, 0.3) is 0 Å². The predicted molar refractivity (Wildman–Crippen MR) is 71.0 cm³/mol. The number of hydrogen-bond donors (Lipinski definition) is 0. The number of rotatable bonds is 5. The van der Waals surface area contributed by atoms with E-state index < -0.39 is 0 Å². The van der Waals surface area contributed by atoms with Gasteiger partial charge in [0, 0.05) is 5.56 Å². The maximum absolute atomic E-state index is 12.2. The van der Waals surface area contributed by atoms with Gasteiger partial charge in [-0.05, 0) is 13.8 Å². The monoisotopic (exact) mass is 257 g/mol. The molecule has 0 amide bonds. The molecule has 19 heavy (non-hydrogen) atoms. The molecule has 4 heteroatoms. The van der Waals surface area contributed by atoms with Crippen LogP contribution in [0.15, 0.2) is 48.9 Å². The predicted octanol–water partition coefficient (Wildman–Crippen LogP) is 2.04. The zero-order valence-electron chi connectivity index (χ0n) is 11.1. The van der Waals surface area contributed by atoms with Crippen molar-refractivity contribution in [2.45, 2.75) is 26.5 Å². The van der Waals surface area contributed by atoms with Crippen molar-refractivity contribution < 1.29 is 14.1 Å². The molecular formula is C15H17N2O2+. The van der Waals surface area contributed by atoms with Crippen LogP contribution in [0.5, 0.6) is 5.88 Å². The second kappa shape index (κ2) is 6.09. The van der Waals surface area contributed by atoms with Gasteiger partial charge in [0.15, 0.2) is 6.20 Å². The van der Waals surface area contributed by atoms with E-state index in [1.165, 1.54) is 0 Å². The van der Waals surface area contributed by atoms with Crippen LogP contribution in [0.3, 0.4) is 0 Å². The van der Waals surface area contributed by atoms with Crippen molar-refractivity contribution in [3.05, 3.63) is 54.5 Å². The number of Topliss-reactive ketones (excluding diaryl/α,β-unsaturated/α-hetero) is 1. The van der Waals surface area contributed by atoms with Crippen molar-refractivity contribution in [3.8, 4) is 5.88 Å². The smallest absolute Gasteiger partial charge is 0.387 e. The molecule has 1 aromatic carbocycles. The van der Waals surface area contributed by atoms with Gasteiger partial charge in [0.05, 0.1) is 12.3 Å². The molecule has 0 spiro atoms. The third-order valence-corrected chi connectivity index (χ3v) is 2.57. The highest BCUT2D eigenvalue weighted by molar-refractivity contribution is 5.94. The first kappa shape index (κ1) is 13.2. The molecule has 0 saturated carbocycles. The molecule has 0 saturated heterocycles. The fourth-order valence-corrected chi connectivity index (χ4v) is 1.71. The molecule has 98 valence electrons. The Morgan fingerprint density at radius 1 is 1.32 bits per heavy atom. The van der Waals surface area contributed by atoms with Crippen LogP contribution >= 0.6 is 0 Å². The third kappa shape index (κ3) is 3.61. The zero-order chi connectivity index (χ0) is 13.7. The van der Waals surface area contributed by atoms with Gasteiger partial charge in [-0.2, -0.15) is 4.57 Å². The van der Waals surface area contributed by atoms with Gasteiger partial charge in [0.2, 0.25) is 12.3 Å². The minimum atomic E-state index is 0.0438. The molecule has 0 fully saturated rings. The summed E-state index contributed by atoms with van der Waals surface area (Å²) >= 11 is 0. The lowest BCUT2D eigenvalue weighted by atomic mass is 10.1. The first-order chi connectivity index (χ1) is 9.16. The van der Waals surface area contributed by atoms with Crippen molar-refractivity contribution in [1.82, 2.24) is 4.98 Å². The summed E-state index contributed by atoms with van der Waals surface area (Å²) in [7, 11) is 0. The summed E-state index contributed by atoms with van der Waals surface area (Å²) < 4.78 is 7.40. The highest BCUT2D eigenvalue weighted by Crippen LogP contribution is 2.05. The van der Waals surface area contributed by atoms with Crippen LogP contribution < -0.4 is 9.30 Å². The summed E-state index contributed by atoms with van der Waals surface area (Å²) in [4.78, 5) is 16.2. The molecule has 0 radical (unpaired) electrons. The molecule has 0 aliphatic heterocycles. The topological polar surface area (TPSA) is 43.1 Å². The number of ketones is 1. The van der Waals surface area contributed by atoms with E-state index in [2.05, 4.69) is 4.98 Å². The molecule has 0 atom stereocenters. The van der Waals surface area contributed by atoms with Crippen LogP contribution in [-0.4, -0.2) is 16.9 Å². The molecule has 1 aromatic heterocycles. The van der Waals surface area contributed by atoms with E-state index in [-0.39, 0.29) is 18.4 Å². The van der Waals surface area contributed by atoms with Crippen molar-refractivity contribution in [2.24, 2.45) is 0 Å². The highest BCUT2D eigenvalue weighted by atomic mass is 16.5. The van der Waals surface area contributed by atoms with E-state index in [9.17, 15) is 4.79 Å². The Hall–Kier alpha value is -2.23. The van der Waals surface area contributed by atoms with E-state index in [4.69, 9.17) is 4.74 Å². The Labute approximate surface area is 112 Å². The Balaban J connectivity index is 2.17. The van der Waals surface area contributed by atoms with E-state index >= 15 is 0 Å². The van der Waals surface area contributed by atoms with Gasteiger partial charge in [-0.25, -0.2) is 4.98 Å². The largest absolute Gasteiger partial charge is 0.441 e. The zero-order valence-corrected chi connectivity index (χ0v) is 11.1. The molecular weight excluding hydrogens is 240 g/mol. The quantitative estimate of drug-likeness (QED) is 0.608. The van der Waals surface area contributed by atoms with Crippen LogP contribution in [0.25, 0.3) is 0 Å². The minimum absolute atomic E-state index is 0.0438. The summed E-state index contributed by atoms with van der Waals surface area (Å²) in [6, 6.07) is 9.23. The van der Waals surface area contributed by atoms with Crippen LogP contribution in [0.2, 0.25) is 0 Å². The first-order valence-electron chi connectivity index (χ1n) is 6.25. The molecule has 0 bridgehead atoms. The third-order valence-electron chi connectivity index (χ3n) is 2.57. The van der Waals surface area contributed by atoms with Crippen LogP contribution in [0.1, 0.15) is 24.2 Å². The Bertz CT molecular complexity index is 553. The van der Waals surface area contributed by atoms with Crippen molar-refractivity contribution in [2.75, 3.05) is 0 Å². The molecule has 0 unspecified atom stereocenters. The van der Waals surface area contributed by atoms with Crippen LogP contribution in [-0.2, 0) is 6.54 Å². The summed E-state index contributed by atoms with van der Waals surface area (Å²) in [5, 5.41) is 0. The summed E-state index contributed by atoms with van der Waals surface area (Å²) in [6.45, 7) is 4.13. The molecule has 0 aliphatic carbocycles. The Morgan fingerprint density at radius 2 is 2.05 bits per heavy atom. The molecule has 1 heterocycles. The van der Waals surface area contributed by atoms with Crippen molar-refractivity contribution in [1.29, 1.82) is 0 Å². The van der Waals surface area contributed by atoms with E-state index in [0.717, 1.165) is 0 Å². The molecule has 2 rings (SSSR count). The van der Waals surface area contributed by atoms with Gasteiger partial charge >= 0.3 is 5.88 Å². The number of carbonyl (C=O) groups excluding carboxylic acids is 1. The lowest BCUT2D eigenvalue weighted by molar-refractivity contribution is -0.689. The number of benzene rings is 1. The molecule has 0 N–H and O–H groups in total. The first-order valence-corrected chi connectivity index (χ1v) is 6.25. The Kier molecular flexibility index (Phi) is 4.23. The van der Waals surface area contributed by atoms with E-state index in [0.29, 0.717) is 11.4 Å². The van der Waals surface area contributed by atoms with Gasteiger partial charge in [-0.3, -0.25) is 4.79 Å². The van der Waals surface area contributed by atoms with E-state index in [1.807, 2.05) is 44.2 Å². The van der Waals surface area contributed by atoms with Gasteiger partial charge in [-0.15, -0.1) is 0 Å². The normalized spacial score (nSPS) is 10.5. The van der Waals surface area contributed by atoms with Gasteiger partial charge < -0.3 is 4.74 Å². The lowest BCUT2D eigenvalue weighted by Gasteiger charge is -2.07. The second-order valence-corrected chi connectivity index (χ2v) is 4.50. The minimum Gasteiger partial charge on any atom is -0.441 e. The second-order valence-electron chi connectivity index (χ2n) is 4.50. The summed E-state index contributed by atoms with van der Waals surface area (Å²) in [6.07, 6.45) is 5.06. The average Bonchev–Trinajstić information content (AvgIpc) is 2.41. The lowest BCUT2D eigenvalue weighted by Crippen LogP contribution is -2.40. The number of carbonyl (C=O) groups is 1. The molecule has 4 nitrogen and oxygen atoms in total. The van der Waals surface area contributed by atoms with Crippen molar-refractivity contribution >= 4 is 5.78 Å². The number of nitrogens with zero attached hydrogens (tertiary/aromatic N) is 2. The van der Waals surface area contributed by atoms with Crippen molar-refractivity contribution in [3.63, 3.8) is 0 Å². The Morgan fingerprint density at radius 3 is 2.74 bits per heavy atom. The maximum Gasteiger partial charge on any atom is 0.387 e. The molecule has 0 aliphatic rings. The fourth-order valence-electron chi connectivity index (χ4n) is 1.71. The fraction of sp³-hybridized carbons (Fsp3) is 0.267. The van der Waals surface area contributed by atoms with Crippen LogP contribution in [0.4, 0.5) is 0 Å². The standard InChI is InChI=1S/C15H17N2O2/c1-12(2)19-15-10-16-8-9-17(15)11-14(18)13-6-4-3-5-7-13/h3-10,12H,11H2,1-2H3/q+1. The molecule has 2 aromatic rings. The van der Waals surface area contributed by atoms with Gasteiger partial charge in [0.1, 0.15) is 6.20 Å². The van der Waals surface area contributed by atoms with Crippen LogP contribution in [0, 0.1) is 0 Å².